The highest BCUT2D eigenvalue weighted by Gasteiger charge is 2.40. The zero-order valence-corrected chi connectivity index (χ0v) is 25.9. The van der Waals surface area contributed by atoms with Crippen molar-refractivity contribution in [1.82, 2.24) is 0 Å². The van der Waals surface area contributed by atoms with Crippen LogP contribution in [0.15, 0.2) is 60.3 Å². The minimum absolute atomic E-state index is 0.0916. The first-order valence-corrected chi connectivity index (χ1v) is 14.6. The average molecular weight is 563 g/mol. The fourth-order valence-corrected chi connectivity index (χ4v) is 5.39. The molecule has 0 amide bonds. The number of nitro benzene ring substituents is 2. The fourth-order valence-electron chi connectivity index (χ4n) is 5.39. The van der Waals surface area contributed by atoms with Gasteiger partial charge in [0, 0.05) is 59.8 Å². The quantitative estimate of drug-likeness (QED) is 0.193. The zero-order chi connectivity index (χ0) is 30.5. The van der Waals surface area contributed by atoms with Crippen LogP contribution in [0.2, 0.25) is 0 Å². The van der Waals surface area contributed by atoms with E-state index in [0.717, 1.165) is 54.1 Å². The number of allylic oxidation sites excluding steroid dienone is 4. The molecule has 1 N–H and O–H groups in total. The van der Waals surface area contributed by atoms with Crippen molar-refractivity contribution in [2.75, 3.05) is 23.3 Å². The Morgan fingerprint density at radius 3 is 2.17 bits per heavy atom. The lowest BCUT2D eigenvalue weighted by atomic mass is 9.80. The maximum Gasteiger partial charge on any atom is 0.269 e. The molecule has 8 heteroatoms. The van der Waals surface area contributed by atoms with Gasteiger partial charge in [-0.25, -0.2) is 0 Å². The van der Waals surface area contributed by atoms with E-state index in [2.05, 4.69) is 83.8 Å². The van der Waals surface area contributed by atoms with Crippen LogP contribution in [0, 0.1) is 32.1 Å². The number of nitrogens with zero attached hydrogens (tertiary/aromatic N) is 3. The van der Waals surface area contributed by atoms with Gasteiger partial charge in [0.1, 0.15) is 0 Å². The molecule has 2 aromatic carbocycles. The molecule has 0 spiro atoms. The zero-order valence-electron chi connectivity index (χ0n) is 25.9. The second kappa shape index (κ2) is 12.9. The first-order valence-electron chi connectivity index (χ1n) is 14.6. The Labute approximate surface area is 244 Å². The molecule has 0 saturated carbocycles. The van der Waals surface area contributed by atoms with Gasteiger partial charge in [-0.1, -0.05) is 67.5 Å². The van der Waals surface area contributed by atoms with Gasteiger partial charge < -0.3 is 10.2 Å². The fraction of sp³-hybridized carbons (Fsp3) is 0.515. The first kappa shape index (κ1) is 31.8. The second-order valence-electron chi connectivity index (χ2n) is 13.1. The molecule has 1 aliphatic heterocycles. The van der Waals surface area contributed by atoms with Crippen LogP contribution >= 0.6 is 0 Å². The average Bonchev–Trinajstić information content (AvgIpc) is 3.10. The highest BCUT2D eigenvalue weighted by molar-refractivity contribution is 5.72. The van der Waals surface area contributed by atoms with Gasteiger partial charge in [0.05, 0.1) is 9.85 Å². The lowest BCUT2D eigenvalue weighted by Gasteiger charge is -2.28. The molecule has 222 valence electrons. The van der Waals surface area contributed by atoms with E-state index in [4.69, 9.17) is 0 Å². The Morgan fingerprint density at radius 2 is 1.56 bits per heavy atom. The molecule has 0 bridgehead atoms. The standard InChI is InChI=1S/C33H46N4O4/c1-23(2)16-19-34-29-14-12-25(36(38)39)21-27(29)32(5,6)18-10-9-11-31-33(7,8)28-22-26(37(40)41)13-15-30(28)35(31)20-17-24(3)4/h9-15,21-24,34H,16-20H2,1-8H3/b10-9+,31-11+. The Kier molecular flexibility index (Phi) is 10.0. The lowest BCUT2D eigenvalue weighted by Crippen LogP contribution is -2.27. The third-order valence-electron chi connectivity index (χ3n) is 8.01. The summed E-state index contributed by atoms with van der Waals surface area (Å²) in [6.07, 6.45) is 8.99. The van der Waals surface area contributed by atoms with E-state index in [0.29, 0.717) is 18.3 Å². The van der Waals surface area contributed by atoms with Gasteiger partial charge in [0.2, 0.25) is 0 Å². The summed E-state index contributed by atoms with van der Waals surface area (Å²) in [5.74, 6) is 1.08. The van der Waals surface area contributed by atoms with Gasteiger partial charge in [0.25, 0.3) is 11.4 Å². The largest absolute Gasteiger partial charge is 0.385 e. The summed E-state index contributed by atoms with van der Waals surface area (Å²) in [6.45, 7) is 18.8. The lowest BCUT2D eigenvalue weighted by molar-refractivity contribution is -0.385. The second-order valence-corrected chi connectivity index (χ2v) is 13.1. The monoisotopic (exact) mass is 562 g/mol. The van der Waals surface area contributed by atoms with Crippen molar-refractivity contribution in [3.8, 4) is 0 Å². The van der Waals surface area contributed by atoms with E-state index in [9.17, 15) is 20.2 Å². The molecule has 3 rings (SSSR count). The minimum atomic E-state index is -0.397. The summed E-state index contributed by atoms with van der Waals surface area (Å²) in [4.78, 5) is 24.7. The summed E-state index contributed by atoms with van der Waals surface area (Å²) < 4.78 is 0. The van der Waals surface area contributed by atoms with E-state index in [1.165, 1.54) is 0 Å². The molecule has 0 atom stereocenters. The molecule has 0 radical (unpaired) electrons. The summed E-state index contributed by atoms with van der Waals surface area (Å²) in [6, 6.07) is 10.3. The topological polar surface area (TPSA) is 102 Å². The predicted octanol–water partition coefficient (Wildman–Crippen LogP) is 8.91. The maximum atomic E-state index is 11.6. The third-order valence-corrected chi connectivity index (χ3v) is 8.01. The molecular formula is C33H46N4O4. The first-order chi connectivity index (χ1) is 19.1. The van der Waals surface area contributed by atoms with Gasteiger partial charge in [0.15, 0.2) is 0 Å². The van der Waals surface area contributed by atoms with Crippen molar-refractivity contribution in [2.45, 2.75) is 85.5 Å². The summed E-state index contributed by atoms with van der Waals surface area (Å²) in [7, 11) is 0. The molecular weight excluding hydrogens is 516 g/mol. The Morgan fingerprint density at radius 1 is 0.951 bits per heavy atom. The van der Waals surface area contributed by atoms with Crippen LogP contribution in [0.1, 0.15) is 85.8 Å². The van der Waals surface area contributed by atoms with Crippen LogP contribution in [0.25, 0.3) is 0 Å². The third kappa shape index (κ3) is 7.54. The highest BCUT2D eigenvalue weighted by Crippen LogP contribution is 2.49. The van der Waals surface area contributed by atoms with Gasteiger partial charge in [-0.3, -0.25) is 20.2 Å². The van der Waals surface area contributed by atoms with Crippen molar-refractivity contribution in [3.63, 3.8) is 0 Å². The Hall–Kier alpha value is -3.68. The summed E-state index contributed by atoms with van der Waals surface area (Å²) >= 11 is 0. The molecule has 0 aliphatic carbocycles. The van der Waals surface area contributed by atoms with Crippen LogP contribution in [-0.2, 0) is 10.8 Å². The molecule has 41 heavy (non-hydrogen) atoms. The molecule has 1 heterocycles. The van der Waals surface area contributed by atoms with Crippen LogP contribution < -0.4 is 10.2 Å². The minimum Gasteiger partial charge on any atom is -0.385 e. The van der Waals surface area contributed by atoms with Crippen LogP contribution in [0.4, 0.5) is 22.7 Å². The molecule has 0 saturated heterocycles. The van der Waals surface area contributed by atoms with Crippen LogP contribution in [0.5, 0.6) is 0 Å². The number of anilines is 2. The number of hydrogen-bond acceptors (Lipinski definition) is 6. The van der Waals surface area contributed by atoms with E-state index in [-0.39, 0.29) is 26.6 Å². The van der Waals surface area contributed by atoms with E-state index < -0.39 is 5.41 Å². The van der Waals surface area contributed by atoms with Crippen molar-refractivity contribution < 1.29 is 9.85 Å². The van der Waals surface area contributed by atoms with E-state index in [1.54, 1.807) is 24.3 Å². The van der Waals surface area contributed by atoms with Crippen molar-refractivity contribution in [3.05, 3.63) is 91.7 Å². The number of benzene rings is 2. The molecule has 0 aromatic heterocycles. The Balaban J connectivity index is 1.91. The van der Waals surface area contributed by atoms with Crippen LogP contribution in [0.3, 0.4) is 0 Å². The molecule has 0 fully saturated rings. The number of nitro groups is 2. The molecule has 1 aliphatic rings. The number of non-ortho nitro benzene ring substituents is 2. The van der Waals surface area contributed by atoms with Crippen molar-refractivity contribution in [2.24, 2.45) is 11.8 Å². The number of rotatable bonds is 13. The molecule has 2 aromatic rings. The number of nitrogens with one attached hydrogen (secondary N) is 1. The number of hydrogen-bond donors (Lipinski definition) is 1. The predicted molar refractivity (Wildman–Crippen MR) is 169 cm³/mol. The van der Waals surface area contributed by atoms with Gasteiger partial charge in [-0.2, -0.15) is 0 Å². The van der Waals surface area contributed by atoms with Crippen molar-refractivity contribution >= 4 is 22.7 Å². The van der Waals surface area contributed by atoms with E-state index >= 15 is 0 Å². The highest BCUT2D eigenvalue weighted by atomic mass is 16.6. The van der Waals surface area contributed by atoms with Gasteiger partial charge >= 0.3 is 0 Å². The van der Waals surface area contributed by atoms with Crippen molar-refractivity contribution in [1.29, 1.82) is 0 Å². The molecule has 0 unspecified atom stereocenters. The number of fused-ring (bicyclic) bond motifs is 1. The van der Waals surface area contributed by atoms with Gasteiger partial charge in [-0.05, 0) is 65.8 Å². The normalized spacial score (nSPS) is 15.8. The summed E-state index contributed by atoms with van der Waals surface area (Å²) in [5.41, 5.74) is 4.39. The van der Waals surface area contributed by atoms with E-state index in [1.807, 2.05) is 12.1 Å². The van der Waals surface area contributed by atoms with Crippen LogP contribution in [-0.4, -0.2) is 22.9 Å². The molecule has 8 nitrogen and oxygen atoms in total. The summed E-state index contributed by atoms with van der Waals surface area (Å²) in [5, 5.41) is 26.6. The Bertz CT molecular complexity index is 1320. The smallest absolute Gasteiger partial charge is 0.269 e. The van der Waals surface area contributed by atoms with Gasteiger partial charge in [-0.15, -0.1) is 0 Å². The SMILES string of the molecule is CC(C)CCNc1ccc([N+](=O)[O-])cc1C(C)(C)C/C=C/C=C1/N(CCC(C)C)c2ccc([N+](=O)[O-])cc2C1(C)C. The maximum absolute atomic E-state index is 11.6.